The van der Waals surface area contributed by atoms with Gasteiger partial charge in [0.1, 0.15) is 0 Å². The van der Waals surface area contributed by atoms with Gasteiger partial charge in [-0.15, -0.1) is 0 Å². The Morgan fingerprint density at radius 1 is 1.67 bits per heavy atom. The van der Waals surface area contributed by atoms with E-state index in [1.807, 2.05) is 0 Å². The van der Waals surface area contributed by atoms with E-state index in [1.165, 1.54) is 0 Å². The number of rotatable bonds is 2. The van der Waals surface area contributed by atoms with Gasteiger partial charge in [0.15, 0.2) is 0 Å². The van der Waals surface area contributed by atoms with Crippen molar-refractivity contribution in [3.8, 4) is 0 Å². The molecule has 1 amide bonds. The Morgan fingerprint density at radius 3 is 2.17 bits per heavy atom. The number of hydrogen-bond acceptors (Lipinski definition) is 3. The zero-order chi connectivity index (χ0) is 4.99. The standard InChI is InChI=1S/C2H5NO3/c4-1-3-2(5)6/h1-2,5-6H,(H,3,4). The molecule has 0 rings (SSSR count). The molecule has 0 aromatic rings. The number of aliphatic hydroxyl groups is 2. The van der Waals surface area contributed by atoms with Crippen molar-refractivity contribution in [2.75, 3.05) is 0 Å². The zero-order valence-electron chi connectivity index (χ0n) is 2.96. The van der Waals surface area contributed by atoms with Crippen LogP contribution in [0, 0.1) is 0 Å². The number of hydrogen-bond donors (Lipinski definition) is 3. The van der Waals surface area contributed by atoms with Crippen molar-refractivity contribution in [3.05, 3.63) is 0 Å². The quantitative estimate of drug-likeness (QED) is 0.272. The van der Waals surface area contributed by atoms with E-state index in [9.17, 15) is 4.79 Å². The lowest BCUT2D eigenvalue weighted by Gasteiger charge is -1.94. The van der Waals surface area contributed by atoms with Gasteiger partial charge < -0.3 is 15.5 Å². The van der Waals surface area contributed by atoms with E-state index in [2.05, 4.69) is 0 Å². The van der Waals surface area contributed by atoms with E-state index in [4.69, 9.17) is 10.2 Å². The summed E-state index contributed by atoms with van der Waals surface area (Å²) in [6.45, 7) is 0. The topological polar surface area (TPSA) is 69.6 Å². The highest BCUT2D eigenvalue weighted by molar-refractivity contribution is 5.45. The molecule has 0 unspecified atom stereocenters. The molecule has 36 valence electrons. The fourth-order valence-corrected chi connectivity index (χ4v) is 0.0609. The first-order chi connectivity index (χ1) is 2.77. The van der Waals surface area contributed by atoms with Crippen molar-refractivity contribution in [2.45, 2.75) is 6.41 Å². The Bertz CT molecular complexity index is 44.1. The molecule has 3 N–H and O–H groups in total. The van der Waals surface area contributed by atoms with Crippen LogP contribution in [0.3, 0.4) is 0 Å². The Kier molecular flexibility index (Phi) is 2.35. The van der Waals surface area contributed by atoms with Crippen LogP contribution in [-0.2, 0) is 4.79 Å². The lowest BCUT2D eigenvalue weighted by atomic mass is 11.1. The van der Waals surface area contributed by atoms with Crippen LogP contribution in [0.1, 0.15) is 0 Å². The molecule has 0 aromatic carbocycles. The molecule has 0 atom stereocenters. The highest BCUT2D eigenvalue weighted by Gasteiger charge is 1.84. The summed E-state index contributed by atoms with van der Waals surface area (Å²) < 4.78 is 0. The molecule has 0 bridgehead atoms. The minimum absolute atomic E-state index is 0.199. The number of carbonyl (C=O) groups excluding carboxylic acids is 1. The first-order valence-electron chi connectivity index (χ1n) is 1.33. The van der Waals surface area contributed by atoms with Gasteiger partial charge in [0.25, 0.3) is 0 Å². The molecule has 0 aromatic heterocycles. The molecule has 0 aliphatic heterocycles. The van der Waals surface area contributed by atoms with Crippen LogP contribution >= 0.6 is 0 Å². The molecule has 6 heavy (non-hydrogen) atoms. The lowest BCUT2D eigenvalue weighted by molar-refractivity contribution is -0.122. The third kappa shape index (κ3) is 3.39. The van der Waals surface area contributed by atoms with Crippen LogP contribution in [0.15, 0.2) is 0 Å². The molecule has 0 heterocycles. The van der Waals surface area contributed by atoms with Gasteiger partial charge in [0.05, 0.1) is 0 Å². The van der Waals surface area contributed by atoms with Crippen molar-refractivity contribution in [1.82, 2.24) is 5.32 Å². The Balaban J connectivity index is 2.81. The summed E-state index contributed by atoms with van der Waals surface area (Å²) in [5, 5.41) is 17.2. The van der Waals surface area contributed by atoms with E-state index in [1.54, 1.807) is 5.32 Å². The van der Waals surface area contributed by atoms with Gasteiger partial charge in [-0.1, -0.05) is 0 Å². The Hall–Kier alpha value is -0.610. The molecule has 4 heteroatoms. The van der Waals surface area contributed by atoms with E-state index >= 15 is 0 Å². The summed E-state index contributed by atoms with van der Waals surface area (Å²) in [7, 11) is 0. The van der Waals surface area contributed by atoms with Crippen LogP contribution in [0.4, 0.5) is 0 Å². The minimum Gasteiger partial charge on any atom is -0.351 e. The van der Waals surface area contributed by atoms with E-state index in [0.717, 1.165) is 0 Å². The summed E-state index contributed by atoms with van der Waals surface area (Å²) in [6, 6.07) is 0. The predicted octanol–water partition coefficient (Wildman–Crippen LogP) is -2.00. The lowest BCUT2D eigenvalue weighted by Crippen LogP contribution is -2.25. The second-order valence-electron chi connectivity index (χ2n) is 0.658. The maximum absolute atomic E-state index is 9.18. The summed E-state index contributed by atoms with van der Waals surface area (Å²) in [4.78, 5) is 9.18. The van der Waals surface area contributed by atoms with Gasteiger partial charge in [-0.3, -0.25) is 4.79 Å². The van der Waals surface area contributed by atoms with Gasteiger partial charge in [-0.05, 0) is 0 Å². The Morgan fingerprint density at radius 2 is 2.17 bits per heavy atom. The molecular formula is C2H5NO3. The molecular weight excluding hydrogens is 86.0 g/mol. The average molecular weight is 91.1 g/mol. The average Bonchev–Trinajstić information content (AvgIpc) is 1.35. The van der Waals surface area contributed by atoms with Crippen LogP contribution in [0.25, 0.3) is 0 Å². The van der Waals surface area contributed by atoms with Crippen molar-refractivity contribution in [2.24, 2.45) is 0 Å². The van der Waals surface area contributed by atoms with Crippen molar-refractivity contribution < 1.29 is 15.0 Å². The second kappa shape index (κ2) is 2.62. The maximum Gasteiger partial charge on any atom is 0.234 e. The largest absolute Gasteiger partial charge is 0.351 e. The first kappa shape index (κ1) is 5.39. The first-order valence-corrected chi connectivity index (χ1v) is 1.33. The number of aliphatic hydroxyl groups excluding tert-OH is 1. The normalized spacial score (nSPS) is 8.50. The van der Waals surface area contributed by atoms with E-state index < -0.39 is 6.41 Å². The monoisotopic (exact) mass is 91.0 g/mol. The molecule has 0 saturated carbocycles. The van der Waals surface area contributed by atoms with Gasteiger partial charge in [0, 0.05) is 0 Å². The van der Waals surface area contributed by atoms with Crippen LogP contribution in [-0.4, -0.2) is 23.0 Å². The molecule has 0 aliphatic carbocycles. The van der Waals surface area contributed by atoms with Crippen LogP contribution in [0.2, 0.25) is 0 Å². The van der Waals surface area contributed by atoms with Gasteiger partial charge in [0.2, 0.25) is 12.8 Å². The number of amides is 1. The third-order valence-electron chi connectivity index (χ3n) is 0.217. The van der Waals surface area contributed by atoms with Crippen LogP contribution in [0.5, 0.6) is 0 Å². The van der Waals surface area contributed by atoms with Gasteiger partial charge >= 0.3 is 0 Å². The van der Waals surface area contributed by atoms with Gasteiger partial charge in [-0.2, -0.15) is 0 Å². The summed E-state index contributed by atoms with van der Waals surface area (Å²) in [6.07, 6.45) is -1.52. The SMILES string of the molecule is O=CNC(O)O. The summed E-state index contributed by atoms with van der Waals surface area (Å²) >= 11 is 0. The molecule has 0 radical (unpaired) electrons. The molecule has 0 saturated heterocycles. The fraction of sp³-hybridized carbons (Fsp3) is 0.500. The third-order valence-corrected chi connectivity index (χ3v) is 0.217. The maximum atomic E-state index is 9.18. The van der Waals surface area contributed by atoms with Gasteiger partial charge in [-0.25, -0.2) is 0 Å². The molecule has 0 spiro atoms. The van der Waals surface area contributed by atoms with E-state index in [-0.39, 0.29) is 6.41 Å². The predicted molar refractivity (Wildman–Crippen MR) is 17.4 cm³/mol. The smallest absolute Gasteiger partial charge is 0.234 e. The highest BCUT2D eigenvalue weighted by atomic mass is 16.5. The van der Waals surface area contributed by atoms with E-state index in [0.29, 0.717) is 0 Å². The molecule has 0 aliphatic rings. The molecule has 0 fully saturated rings. The highest BCUT2D eigenvalue weighted by Crippen LogP contribution is 1.53. The fourth-order valence-electron chi connectivity index (χ4n) is 0.0609. The van der Waals surface area contributed by atoms with Crippen molar-refractivity contribution >= 4 is 6.41 Å². The zero-order valence-corrected chi connectivity index (χ0v) is 2.96. The van der Waals surface area contributed by atoms with Crippen molar-refractivity contribution in [1.29, 1.82) is 0 Å². The minimum atomic E-state index is -1.72. The molecule has 4 nitrogen and oxygen atoms in total. The number of carbonyl (C=O) groups is 1. The number of nitrogens with one attached hydrogen (secondary N) is 1. The van der Waals surface area contributed by atoms with Crippen LogP contribution < -0.4 is 5.32 Å². The second-order valence-corrected chi connectivity index (χ2v) is 0.658. The summed E-state index contributed by atoms with van der Waals surface area (Å²) in [5.74, 6) is 0. The van der Waals surface area contributed by atoms with Crippen molar-refractivity contribution in [3.63, 3.8) is 0 Å². The Labute approximate surface area is 34.4 Å². The summed E-state index contributed by atoms with van der Waals surface area (Å²) in [5.41, 5.74) is 0.